The standard InChI is InChI=1S/C29H37ClN4O6/c1-39-26-15-23(33-29(38)40-13-5-12-32-19-6-3-2-4-7-19)22(30)14-18(26)16-31-17-25(36)20-8-10-24(35)28-21(20)9-11-27(37)34-28/h8-11,14-15,19,25,31-32,35-36H,2-7,12-13,16-17H2,1H3,(H,33,38)(H,34,37)/t25-/m0/s1. The highest BCUT2D eigenvalue weighted by molar-refractivity contribution is 6.33. The summed E-state index contributed by atoms with van der Waals surface area (Å²) in [6.07, 6.45) is 5.53. The maximum atomic E-state index is 12.3. The molecule has 1 saturated carbocycles. The number of fused-ring (bicyclic) bond motifs is 1. The number of nitrogens with one attached hydrogen (secondary N) is 4. The molecule has 1 amide bonds. The lowest BCUT2D eigenvalue weighted by Crippen LogP contribution is -2.32. The van der Waals surface area contributed by atoms with Crippen molar-refractivity contribution >= 4 is 34.3 Å². The smallest absolute Gasteiger partial charge is 0.411 e. The van der Waals surface area contributed by atoms with Gasteiger partial charge in [-0.05, 0) is 49.6 Å². The minimum atomic E-state index is -0.913. The first-order chi connectivity index (χ1) is 19.4. The molecule has 1 fully saturated rings. The zero-order chi connectivity index (χ0) is 28.5. The topological polar surface area (TPSA) is 145 Å². The number of amides is 1. The molecule has 1 atom stereocenters. The van der Waals surface area contributed by atoms with Crippen LogP contribution < -0.4 is 26.2 Å². The van der Waals surface area contributed by atoms with Crippen molar-refractivity contribution in [1.29, 1.82) is 0 Å². The number of anilines is 1. The quantitative estimate of drug-likeness (QED) is 0.173. The van der Waals surface area contributed by atoms with E-state index in [2.05, 4.69) is 20.9 Å². The number of ether oxygens (including phenoxy) is 2. The van der Waals surface area contributed by atoms with Gasteiger partial charge in [-0.15, -0.1) is 0 Å². The largest absolute Gasteiger partial charge is 0.506 e. The number of aliphatic hydroxyl groups is 1. The predicted octanol–water partition coefficient (Wildman–Crippen LogP) is 4.58. The van der Waals surface area contributed by atoms with E-state index < -0.39 is 12.2 Å². The molecule has 4 rings (SSSR count). The molecule has 3 aromatic rings. The van der Waals surface area contributed by atoms with E-state index in [1.807, 2.05) is 0 Å². The normalized spacial score (nSPS) is 14.7. The molecule has 0 spiro atoms. The Morgan fingerprint density at radius 3 is 2.75 bits per heavy atom. The number of phenols is 1. The van der Waals surface area contributed by atoms with Gasteiger partial charge in [0.1, 0.15) is 11.5 Å². The fourth-order valence-electron chi connectivity index (χ4n) is 5.02. The maximum Gasteiger partial charge on any atom is 0.411 e. The Hall–Kier alpha value is -3.31. The number of hydrogen-bond donors (Lipinski definition) is 6. The van der Waals surface area contributed by atoms with Crippen LogP contribution in [0.2, 0.25) is 5.02 Å². The number of methoxy groups -OCH3 is 1. The molecule has 0 bridgehead atoms. The molecule has 0 unspecified atom stereocenters. The summed E-state index contributed by atoms with van der Waals surface area (Å²) in [6.45, 7) is 1.62. The lowest BCUT2D eigenvalue weighted by molar-refractivity contribution is 0.159. The highest BCUT2D eigenvalue weighted by atomic mass is 35.5. The van der Waals surface area contributed by atoms with Crippen LogP contribution in [0.4, 0.5) is 10.5 Å². The third kappa shape index (κ3) is 7.88. The lowest BCUT2D eigenvalue weighted by Gasteiger charge is -2.22. The summed E-state index contributed by atoms with van der Waals surface area (Å²) in [5.41, 5.74) is 1.59. The van der Waals surface area contributed by atoms with Gasteiger partial charge in [0.25, 0.3) is 0 Å². The minimum Gasteiger partial charge on any atom is -0.506 e. The van der Waals surface area contributed by atoms with E-state index in [-0.39, 0.29) is 23.4 Å². The molecule has 216 valence electrons. The van der Waals surface area contributed by atoms with Gasteiger partial charge in [0.2, 0.25) is 5.56 Å². The molecule has 1 aliphatic rings. The highest BCUT2D eigenvalue weighted by Gasteiger charge is 2.16. The molecule has 1 aromatic heterocycles. The van der Waals surface area contributed by atoms with E-state index in [4.69, 9.17) is 21.1 Å². The van der Waals surface area contributed by atoms with Gasteiger partial charge >= 0.3 is 6.09 Å². The van der Waals surface area contributed by atoms with Crippen LogP contribution in [0.25, 0.3) is 10.9 Å². The predicted molar refractivity (Wildman–Crippen MR) is 155 cm³/mol. The second kappa shape index (κ2) is 14.4. The van der Waals surface area contributed by atoms with Gasteiger partial charge in [-0.2, -0.15) is 0 Å². The van der Waals surface area contributed by atoms with Crippen molar-refractivity contribution in [2.45, 2.75) is 57.2 Å². The molecular weight excluding hydrogens is 536 g/mol. The molecular formula is C29H37ClN4O6. The summed E-state index contributed by atoms with van der Waals surface area (Å²) in [5, 5.41) is 31.1. The second-order valence-electron chi connectivity index (χ2n) is 9.98. The first-order valence-corrected chi connectivity index (χ1v) is 14.0. The van der Waals surface area contributed by atoms with Crippen LogP contribution in [0.5, 0.6) is 11.5 Å². The van der Waals surface area contributed by atoms with Gasteiger partial charge in [0.05, 0.1) is 36.0 Å². The van der Waals surface area contributed by atoms with E-state index in [0.717, 1.165) is 18.5 Å². The van der Waals surface area contributed by atoms with Crippen LogP contribution in [-0.4, -0.2) is 54.1 Å². The molecule has 0 saturated heterocycles. The SMILES string of the molecule is COc1cc(NC(=O)OCCCNC2CCCCC2)c(Cl)cc1CNC[C@H](O)c1ccc(O)c2[nH]c(=O)ccc12. The molecule has 1 aliphatic carbocycles. The van der Waals surface area contributed by atoms with Crippen LogP contribution in [0, 0.1) is 0 Å². The van der Waals surface area contributed by atoms with Crippen molar-refractivity contribution in [3.05, 3.63) is 62.9 Å². The van der Waals surface area contributed by atoms with E-state index in [1.54, 1.807) is 24.3 Å². The Morgan fingerprint density at radius 1 is 1.18 bits per heavy atom. The minimum absolute atomic E-state index is 0.0692. The Bertz CT molecular complexity index is 1360. The van der Waals surface area contributed by atoms with Crippen LogP contribution in [0.1, 0.15) is 55.8 Å². The number of aliphatic hydroxyl groups excluding tert-OH is 1. The highest BCUT2D eigenvalue weighted by Crippen LogP contribution is 2.32. The van der Waals surface area contributed by atoms with Gasteiger partial charge < -0.3 is 35.3 Å². The second-order valence-corrected chi connectivity index (χ2v) is 10.4. The molecule has 40 heavy (non-hydrogen) atoms. The summed E-state index contributed by atoms with van der Waals surface area (Å²) in [5.74, 6) is 0.436. The number of aromatic hydroxyl groups is 1. The summed E-state index contributed by atoms with van der Waals surface area (Å²) in [6, 6.07) is 9.86. The number of rotatable bonds is 12. The van der Waals surface area contributed by atoms with Crippen molar-refractivity contribution in [2.75, 3.05) is 32.1 Å². The van der Waals surface area contributed by atoms with Gasteiger partial charge in [0.15, 0.2) is 0 Å². The van der Waals surface area contributed by atoms with Crippen molar-refractivity contribution in [2.24, 2.45) is 0 Å². The molecule has 0 radical (unpaired) electrons. The molecule has 10 nitrogen and oxygen atoms in total. The zero-order valence-electron chi connectivity index (χ0n) is 22.6. The molecule has 2 aromatic carbocycles. The number of pyridine rings is 1. The average molecular weight is 573 g/mol. The Balaban J connectivity index is 1.27. The maximum absolute atomic E-state index is 12.3. The number of hydrogen-bond acceptors (Lipinski definition) is 8. The molecule has 0 aliphatic heterocycles. The van der Waals surface area contributed by atoms with Crippen LogP contribution in [0.3, 0.4) is 0 Å². The summed E-state index contributed by atoms with van der Waals surface area (Å²) in [4.78, 5) is 26.5. The number of benzene rings is 2. The van der Waals surface area contributed by atoms with Crippen molar-refractivity contribution in [3.63, 3.8) is 0 Å². The van der Waals surface area contributed by atoms with E-state index >= 15 is 0 Å². The number of halogens is 1. The first kappa shape index (κ1) is 29.7. The van der Waals surface area contributed by atoms with Crippen LogP contribution in [-0.2, 0) is 11.3 Å². The monoisotopic (exact) mass is 572 g/mol. The number of aromatic amines is 1. The fraction of sp³-hybridized carbons (Fsp3) is 0.448. The fourth-order valence-corrected chi connectivity index (χ4v) is 5.25. The van der Waals surface area contributed by atoms with Gasteiger partial charge in [0, 0.05) is 42.2 Å². The molecule has 1 heterocycles. The zero-order valence-corrected chi connectivity index (χ0v) is 23.4. The van der Waals surface area contributed by atoms with Crippen LogP contribution in [0.15, 0.2) is 41.2 Å². The Kier molecular flexibility index (Phi) is 10.7. The van der Waals surface area contributed by atoms with E-state index in [0.29, 0.717) is 46.6 Å². The summed E-state index contributed by atoms with van der Waals surface area (Å²) < 4.78 is 10.8. The number of carbonyl (C=O) groups is 1. The van der Waals surface area contributed by atoms with Crippen molar-refractivity contribution in [3.8, 4) is 11.5 Å². The van der Waals surface area contributed by atoms with E-state index in [9.17, 15) is 19.8 Å². The third-order valence-corrected chi connectivity index (χ3v) is 7.43. The number of phenolic OH excluding ortho intramolecular Hbond substituents is 1. The third-order valence-electron chi connectivity index (χ3n) is 7.12. The van der Waals surface area contributed by atoms with Crippen LogP contribution >= 0.6 is 11.6 Å². The van der Waals surface area contributed by atoms with Gasteiger partial charge in [-0.1, -0.05) is 36.9 Å². The van der Waals surface area contributed by atoms with Gasteiger partial charge in [-0.25, -0.2) is 4.79 Å². The number of H-pyrrole nitrogens is 1. The first-order valence-electron chi connectivity index (χ1n) is 13.6. The molecule has 6 N–H and O–H groups in total. The van der Waals surface area contributed by atoms with Crippen molar-refractivity contribution < 1.29 is 24.5 Å². The van der Waals surface area contributed by atoms with Crippen molar-refractivity contribution in [1.82, 2.24) is 15.6 Å². The van der Waals surface area contributed by atoms with Gasteiger partial charge in [-0.3, -0.25) is 10.1 Å². The summed E-state index contributed by atoms with van der Waals surface area (Å²) in [7, 11) is 1.52. The number of aromatic nitrogens is 1. The lowest BCUT2D eigenvalue weighted by atomic mass is 9.95. The Labute approximate surface area is 238 Å². The molecule has 11 heteroatoms. The average Bonchev–Trinajstić information content (AvgIpc) is 2.95. The Morgan fingerprint density at radius 2 is 1.98 bits per heavy atom. The summed E-state index contributed by atoms with van der Waals surface area (Å²) >= 11 is 6.44. The van der Waals surface area contributed by atoms with E-state index in [1.165, 1.54) is 51.3 Å². The number of carbonyl (C=O) groups excluding carboxylic acids is 1.